The van der Waals surface area contributed by atoms with Gasteiger partial charge >= 0.3 is 0 Å². The minimum Gasteiger partial charge on any atom is -0.457 e. The van der Waals surface area contributed by atoms with Gasteiger partial charge in [-0.25, -0.2) is 19.3 Å². The van der Waals surface area contributed by atoms with Gasteiger partial charge < -0.3 is 25.3 Å². The molecule has 0 unspecified atom stereocenters. The summed E-state index contributed by atoms with van der Waals surface area (Å²) in [5.41, 5.74) is 2.11. The maximum Gasteiger partial charge on any atom is 0.245 e. The average Bonchev–Trinajstić information content (AvgIpc) is 3.50. The van der Waals surface area contributed by atoms with Gasteiger partial charge in [0.15, 0.2) is 0 Å². The maximum atomic E-state index is 15.2. The van der Waals surface area contributed by atoms with Crippen LogP contribution in [0.15, 0.2) is 61.7 Å². The summed E-state index contributed by atoms with van der Waals surface area (Å²) in [6.45, 7) is 7.05. The first-order valence-electron chi connectivity index (χ1n) is 13.1. The van der Waals surface area contributed by atoms with Crippen LogP contribution >= 0.6 is 0 Å². The van der Waals surface area contributed by atoms with Crippen LogP contribution in [0.4, 0.5) is 21.7 Å². The van der Waals surface area contributed by atoms with E-state index < -0.39 is 5.82 Å². The Morgan fingerprint density at radius 2 is 1.97 bits per heavy atom. The summed E-state index contributed by atoms with van der Waals surface area (Å²) in [7, 11) is 0. The Hall–Kier alpha value is -4.47. The first-order valence-corrected chi connectivity index (χ1v) is 13.1. The summed E-state index contributed by atoms with van der Waals surface area (Å²) in [6, 6.07) is 8.25. The molecule has 0 bridgehead atoms. The van der Waals surface area contributed by atoms with E-state index in [2.05, 4.69) is 44.1 Å². The Morgan fingerprint density at radius 1 is 1.18 bits per heavy atom. The molecule has 1 saturated carbocycles. The minimum absolute atomic E-state index is 0.0467. The number of nitrogens with zero attached hydrogens (tertiary/aromatic N) is 4. The highest BCUT2D eigenvalue weighted by Crippen LogP contribution is 2.39. The molecule has 1 aromatic carbocycles. The van der Waals surface area contributed by atoms with E-state index in [0.717, 1.165) is 42.5 Å². The molecule has 3 N–H and O–H groups in total. The zero-order valence-electron chi connectivity index (χ0n) is 21.7. The molecule has 6 rings (SSSR count). The van der Waals surface area contributed by atoms with Crippen LogP contribution in [0.3, 0.4) is 0 Å². The number of likely N-dealkylation sites (tertiary alicyclic amines) is 1. The van der Waals surface area contributed by atoms with E-state index in [4.69, 9.17) is 4.74 Å². The summed E-state index contributed by atoms with van der Waals surface area (Å²) in [5, 5.41) is 7.38. The quantitative estimate of drug-likeness (QED) is 0.245. The third-order valence-electron chi connectivity index (χ3n) is 7.51. The number of fused-ring (bicyclic) bond motifs is 1. The second-order valence-electron chi connectivity index (χ2n) is 10.4. The molecule has 4 heterocycles. The van der Waals surface area contributed by atoms with Crippen LogP contribution in [0.5, 0.6) is 11.5 Å². The number of aromatic nitrogens is 4. The van der Waals surface area contributed by atoms with Gasteiger partial charge in [0.2, 0.25) is 5.91 Å². The lowest BCUT2D eigenvalue weighted by atomic mass is 9.89. The number of carbonyl (C=O) groups is 1. The molecule has 2 fully saturated rings. The van der Waals surface area contributed by atoms with Gasteiger partial charge in [0.1, 0.15) is 40.9 Å². The summed E-state index contributed by atoms with van der Waals surface area (Å²) >= 11 is 0. The number of hydrogen-bond donors (Lipinski definition) is 3. The Balaban J connectivity index is 1.19. The molecule has 39 heavy (non-hydrogen) atoms. The monoisotopic (exact) mass is 527 g/mol. The number of pyridine rings is 1. The number of anilines is 3. The number of aromatic amines is 1. The van der Waals surface area contributed by atoms with Crippen LogP contribution in [-0.2, 0) is 4.79 Å². The summed E-state index contributed by atoms with van der Waals surface area (Å²) in [4.78, 5) is 30.1. The van der Waals surface area contributed by atoms with Gasteiger partial charge in [-0.15, -0.1) is 0 Å². The van der Waals surface area contributed by atoms with Crippen LogP contribution in [-0.4, -0.2) is 49.4 Å². The standard InChI is InChI=1S/C29H30FN7O2/c1-3-25(38)37-12-7-18(8-13-37)21-16-32-27-26(21)28(34-17-33-27)35-23-5-4-19(14-22(23)30)39-20-6-11-31-24(15-20)36-29(2)9-10-29/h3-6,11,14-18H,1,7-10,12-13H2,2H3,(H,31,36)(H2,32,33,34,35). The van der Waals surface area contributed by atoms with Crippen molar-refractivity contribution in [3.63, 3.8) is 0 Å². The van der Waals surface area contributed by atoms with E-state index >= 15 is 4.39 Å². The van der Waals surface area contributed by atoms with Crippen LogP contribution in [0, 0.1) is 5.82 Å². The SMILES string of the molecule is C=CC(=O)N1CCC(c2c[nH]c3ncnc(Nc4ccc(Oc5ccnc(NC6(C)CC6)c5)cc4F)c23)CC1. The second kappa shape index (κ2) is 10.0. The Labute approximate surface area is 225 Å². The Kier molecular flexibility index (Phi) is 6.38. The van der Waals surface area contributed by atoms with Crippen molar-refractivity contribution in [3.8, 4) is 11.5 Å². The number of carbonyl (C=O) groups excluding carboxylic acids is 1. The summed E-state index contributed by atoms with van der Waals surface area (Å²) in [6.07, 6.45) is 10.3. The summed E-state index contributed by atoms with van der Waals surface area (Å²) in [5.74, 6) is 1.92. The molecule has 9 nitrogen and oxygen atoms in total. The Morgan fingerprint density at radius 3 is 2.72 bits per heavy atom. The molecule has 10 heteroatoms. The van der Waals surface area contributed by atoms with E-state index in [9.17, 15) is 4.79 Å². The lowest BCUT2D eigenvalue weighted by Crippen LogP contribution is -2.36. The molecule has 1 amide bonds. The third kappa shape index (κ3) is 5.27. The highest BCUT2D eigenvalue weighted by atomic mass is 19.1. The zero-order valence-corrected chi connectivity index (χ0v) is 21.7. The van der Waals surface area contributed by atoms with Crippen molar-refractivity contribution in [1.82, 2.24) is 24.8 Å². The molecule has 3 aromatic heterocycles. The number of ether oxygens (including phenoxy) is 1. The molecule has 200 valence electrons. The van der Waals surface area contributed by atoms with Crippen molar-refractivity contribution in [1.29, 1.82) is 0 Å². The van der Waals surface area contributed by atoms with E-state index in [0.29, 0.717) is 36.1 Å². The average molecular weight is 528 g/mol. The minimum atomic E-state index is -0.467. The van der Waals surface area contributed by atoms with Gasteiger partial charge in [-0.2, -0.15) is 0 Å². The van der Waals surface area contributed by atoms with E-state index in [-0.39, 0.29) is 23.1 Å². The van der Waals surface area contributed by atoms with Gasteiger partial charge in [-0.3, -0.25) is 4.79 Å². The van der Waals surface area contributed by atoms with Crippen molar-refractivity contribution in [2.75, 3.05) is 23.7 Å². The fourth-order valence-corrected chi connectivity index (χ4v) is 5.03. The highest BCUT2D eigenvalue weighted by Gasteiger charge is 2.37. The van der Waals surface area contributed by atoms with Gasteiger partial charge in [-0.05, 0) is 68.4 Å². The topological polar surface area (TPSA) is 108 Å². The number of rotatable bonds is 8. The molecular weight excluding hydrogens is 497 g/mol. The number of piperidine rings is 1. The molecule has 1 aliphatic carbocycles. The van der Waals surface area contributed by atoms with Gasteiger partial charge in [0.05, 0.1) is 11.1 Å². The number of hydrogen-bond acceptors (Lipinski definition) is 7. The second-order valence-corrected chi connectivity index (χ2v) is 10.4. The van der Waals surface area contributed by atoms with E-state index in [1.807, 2.05) is 17.2 Å². The molecule has 0 atom stereocenters. The number of amides is 1. The Bertz CT molecular complexity index is 1540. The van der Waals surface area contributed by atoms with Gasteiger partial charge in [0.25, 0.3) is 0 Å². The smallest absolute Gasteiger partial charge is 0.245 e. The first kappa shape index (κ1) is 24.8. The number of nitrogens with one attached hydrogen (secondary N) is 3. The fourth-order valence-electron chi connectivity index (χ4n) is 5.03. The molecule has 2 aliphatic rings. The van der Waals surface area contributed by atoms with Crippen molar-refractivity contribution in [2.45, 2.75) is 44.1 Å². The van der Waals surface area contributed by atoms with Gasteiger partial charge in [-0.1, -0.05) is 6.58 Å². The van der Waals surface area contributed by atoms with Crippen molar-refractivity contribution >= 4 is 34.3 Å². The van der Waals surface area contributed by atoms with Crippen LogP contribution < -0.4 is 15.4 Å². The molecular formula is C29H30FN7O2. The number of benzene rings is 1. The van der Waals surface area contributed by atoms with Crippen molar-refractivity contribution in [3.05, 3.63) is 73.1 Å². The molecule has 4 aromatic rings. The predicted molar refractivity (Wildman–Crippen MR) is 148 cm³/mol. The maximum absolute atomic E-state index is 15.2. The van der Waals surface area contributed by atoms with Crippen LogP contribution in [0.1, 0.15) is 44.1 Å². The lowest BCUT2D eigenvalue weighted by molar-refractivity contribution is -0.127. The van der Waals surface area contributed by atoms with E-state index in [1.54, 1.807) is 24.4 Å². The third-order valence-corrected chi connectivity index (χ3v) is 7.51. The molecule has 0 radical (unpaired) electrons. The lowest BCUT2D eigenvalue weighted by Gasteiger charge is -2.31. The molecule has 1 saturated heterocycles. The van der Waals surface area contributed by atoms with E-state index in [1.165, 1.54) is 18.5 Å². The first-order chi connectivity index (χ1) is 18.9. The van der Waals surface area contributed by atoms with Crippen molar-refractivity contribution < 1.29 is 13.9 Å². The van der Waals surface area contributed by atoms with Crippen molar-refractivity contribution in [2.24, 2.45) is 0 Å². The highest BCUT2D eigenvalue weighted by molar-refractivity contribution is 5.92. The largest absolute Gasteiger partial charge is 0.457 e. The fraction of sp³-hybridized carbons (Fsp3) is 0.310. The summed E-state index contributed by atoms with van der Waals surface area (Å²) < 4.78 is 21.1. The van der Waals surface area contributed by atoms with Crippen LogP contribution in [0.2, 0.25) is 0 Å². The number of H-pyrrole nitrogens is 1. The molecule has 1 aliphatic heterocycles. The molecule has 0 spiro atoms. The van der Waals surface area contributed by atoms with Gasteiger partial charge in [0, 0.05) is 43.2 Å². The number of halogens is 1. The normalized spacial score (nSPS) is 16.6. The van der Waals surface area contributed by atoms with Crippen LogP contribution in [0.25, 0.3) is 11.0 Å². The predicted octanol–water partition coefficient (Wildman–Crippen LogP) is 5.88. The zero-order chi connectivity index (χ0) is 27.0.